The molecule has 0 fully saturated rings. The molecule has 0 spiro atoms. The highest BCUT2D eigenvalue weighted by molar-refractivity contribution is 5.61. The van der Waals surface area contributed by atoms with E-state index in [0.29, 0.717) is 0 Å². The van der Waals surface area contributed by atoms with Gasteiger partial charge in [0.2, 0.25) is 0 Å². The van der Waals surface area contributed by atoms with E-state index in [2.05, 4.69) is 43.9 Å². The zero-order valence-corrected chi connectivity index (χ0v) is 10.8. The van der Waals surface area contributed by atoms with Gasteiger partial charge in [-0.3, -0.25) is 0 Å². The van der Waals surface area contributed by atoms with Crippen LogP contribution in [-0.2, 0) is 6.42 Å². The van der Waals surface area contributed by atoms with Crippen LogP contribution in [0.1, 0.15) is 50.7 Å². The quantitative estimate of drug-likeness (QED) is 0.737. The number of hydrogen-bond acceptors (Lipinski definition) is 1. The SMILES string of the molecule is CCC(CC)c1cccc2c1CCN2CC. The lowest BCUT2D eigenvalue weighted by Crippen LogP contribution is -2.18. The van der Waals surface area contributed by atoms with Crippen molar-refractivity contribution < 1.29 is 0 Å². The molecule has 88 valence electrons. The Labute approximate surface area is 99.5 Å². The number of anilines is 1. The Morgan fingerprint density at radius 3 is 2.56 bits per heavy atom. The molecule has 1 aromatic carbocycles. The molecule has 0 amide bonds. The highest BCUT2D eigenvalue weighted by Crippen LogP contribution is 2.36. The smallest absolute Gasteiger partial charge is 0.0402 e. The van der Waals surface area contributed by atoms with E-state index < -0.39 is 0 Å². The minimum absolute atomic E-state index is 0.756. The monoisotopic (exact) mass is 217 g/mol. The molecule has 2 rings (SSSR count). The Morgan fingerprint density at radius 2 is 1.94 bits per heavy atom. The van der Waals surface area contributed by atoms with Crippen LogP contribution in [-0.4, -0.2) is 13.1 Å². The lowest BCUT2D eigenvalue weighted by atomic mass is 9.89. The van der Waals surface area contributed by atoms with Crippen LogP contribution >= 0.6 is 0 Å². The molecule has 0 aromatic heterocycles. The lowest BCUT2D eigenvalue weighted by Gasteiger charge is -2.20. The fourth-order valence-corrected chi connectivity index (χ4v) is 2.97. The summed E-state index contributed by atoms with van der Waals surface area (Å²) < 4.78 is 0. The van der Waals surface area contributed by atoms with Gasteiger partial charge in [-0.15, -0.1) is 0 Å². The van der Waals surface area contributed by atoms with Gasteiger partial charge < -0.3 is 4.90 Å². The molecule has 16 heavy (non-hydrogen) atoms. The van der Waals surface area contributed by atoms with Crippen LogP contribution in [0, 0.1) is 0 Å². The van der Waals surface area contributed by atoms with Gasteiger partial charge in [0.1, 0.15) is 0 Å². The predicted octanol–water partition coefficient (Wildman–Crippen LogP) is 3.97. The number of rotatable bonds is 4. The zero-order valence-electron chi connectivity index (χ0n) is 10.8. The van der Waals surface area contributed by atoms with Gasteiger partial charge in [-0.1, -0.05) is 26.0 Å². The summed E-state index contributed by atoms with van der Waals surface area (Å²) >= 11 is 0. The van der Waals surface area contributed by atoms with E-state index in [9.17, 15) is 0 Å². The van der Waals surface area contributed by atoms with Gasteiger partial charge in [0.25, 0.3) is 0 Å². The van der Waals surface area contributed by atoms with Gasteiger partial charge >= 0.3 is 0 Å². The molecule has 0 atom stereocenters. The molecule has 1 aliphatic heterocycles. The summed E-state index contributed by atoms with van der Waals surface area (Å²) in [5, 5.41) is 0. The number of likely N-dealkylation sites (N-methyl/N-ethyl adjacent to an activating group) is 1. The summed E-state index contributed by atoms with van der Waals surface area (Å²) in [5.41, 5.74) is 4.73. The first-order valence-electron chi connectivity index (χ1n) is 6.68. The molecule has 0 N–H and O–H groups in total. The number of fused-ring (bicyclic) bond motifs is 1. The third kappa shape index (κ3) is 1.83. The molecule has 1 nitrogen and oxygen atoms in total. The molecule has 0 saturated carbocycles. The number of nitrogens with zero attached hydrogens (tertiary/aromatic N) is 1. The van der Waals surface area contributed by atoms with Crippen molar-refractivity contribution in [2.45, 2.75) is 46.0 Å². The normalized spacial score (nSPS) is 14.6. The summed E-state index contributed by atoms with van der Waals surface area (Å²) in [7, 11) is 0. The van der Waals surface area contributed by atoms with Crippen molar-refractivity contribution in [1.29, 1.82) is 0 Å². The fraction of sp³-hybridized carbons (Fsp3) is 0.600. The van der Waals surface area contributed by atoms with Gasteiger partial charge in [0.05, 0.1) is 0 Å². The van der Waals surface area contributed by atoms with E-state index in [-0.39, 0.29) is 0 Å². The zero-order chi connectivity index (χ0) is 11.5. The molecular formula is C15H23N. The van der Waals surface area contributed by atoms with Crippen LogP contribution in [0.2, 0.25) is 0 Å². The Bertz CT molecular complexity index is 352. The van der Waals surface area contributed by atoms with Crippen molar-refractivity contribution in [3.8, 4) is 0 Å². The summed E-state index contributed by atoms with van der Waals surface area (Å²) in [4.78, 5) is 2.50. The molecule has 0 saturated heterocycles. The highest BCUT2D eigenvalue weighted by atomic mass is 15.1. The van der Waals surface area contributed by atoms with Crippen molar-refractivity contribution in [1.82, 2.24) is 0 Å². The van der Waals surface area contributed by atoms with E-state index in [1.165, 1.54) is 31.5 Å². The van der Waals surface area contributed by atoms with Crippen molar-refractivity contribution >= 4 is 5.69 Å². The standard InChI is InChI=1S/C15H23N/c1-4-12(5-2)13-8-7-9-15-14(13)10-11-16(15)6-3/h7-9,12H,4-6,10-11H2,1-3H3. The van der Waals surface area contributed by atoms with Crippen molar-refractivity contribution in [3.05, 3.63) is 29.3 Å². The van der Waals surface area contributed by atoms with Gasteiger partial charge in [0.15, 0.2) is 0 Å². The van der Waals surface area contributed by atoms with Gasteiger partial charge in [-0.25, -0.2) is 0 Å². The second kappa shape index (κ2) is 4.90. The van der Waals surface area contributed by atoms with Gasteiger partial charge in [0, 0.05) is 18.8 Å². The topological polar surface area (TPSA) is 3.24 Å². The number of hydrogen-bond donors (Lipinski definition) is 0. The summed E-state index contributed by atoms with van der Waals surface area (Å²) in [5.74, 6) is 0.756. The van der Waals surface area contributed by atoms with Crippen molar-refractivity contribution in [3.63, 3.8) is 0 Å². The molecule has 0 radical (unpaired) electrons. The largest absolute Gasteiger partial charge is 0.371 e. The second-order valence-electron chi connectivity index (χ2n) is 4.69. The van der Waals surface area contributed by atoms with Crippen LogP contribution in [0.5, 0.6) is 0 Å². The Balaban J connectivity index is 2.38. The predicted molar refractivity (Wildman–Crippen MR) is 71.4 cm³/mol. The highest BCUT2D eigenvalue weighted by Gasteiger charge is 2.22. The molecule has 1 aromatic rings. The maximum Gasteiger partial charge on any atom is 0.0402 e. The average Bonchev–Trinajstić information content (AvgIpc) is 2.74. The third-order valence-electron chi connectivity index (χ3n) is 3.97. The Morgan fingerprint density at radius 1 is 1.19 bits per heavy atom. The molecule has 1 heterocycles. The van der Waals surface area contributed by atoms with Crippen molar-refractivity contribution in [2.75, 3.05) is 18.0 Å². The van der Waals surface area contributed by atoms with Crippen LogP contribution < -0.4 is 4.90 Å². The third-order valence-corrected chi connectivity index (χ3v) is 3.97. The van der Waals surface area contributed by atoms with E-state index in [4.69, 9.17) is 0 Å². The number of benzene rings is 1. The van der Waals surface area contributed by atoms with Gasteiger partial charge in [-0.2, -0.15) is 0 Å². The van der Waals surface area contributed by atoms with Crippen LogP contribution in [0.15, 0.2) is 18.2 Å². The van der Waals surface area contributed by atoms with E-state index in [0.717, 1.165) is 12.5 Å². The Hall–Kier alpha value is -0.980. The molecule has 0 unspecified atom stereocenters. The van der Waals surface area contributed by atoms with Crippen LogP contribution in [0.25, 0.3) is 0 Å². The molecular weight excluding hydrogens is 194 g/mol. The minimum atomic E-state index is 0.756. The Kier molecular flexibility index (Phi) is 3.52. The maximum atomic E-state index is 2.50. The lowest BCUT2D eigenvalue weighted by molar-refractivity contribution is 0.637. The maximum absolute atomic E-state index is 2.50. The van der Waals surface area contributed by atoms with Crippen LogP contribution in [0.4, 0.5) is 5.69 Å². The molecule has 1 heteroatoms. The van der Waals surface area contributed by atoms with Crippen molar-refractivity contribution in [2.24, 2.45) is 0 Å². The molecule has 0 aliphatic carbocycles. The first-order chi connectivity index (χ1) is 7.81. The first kappa shape index (κ1) is 11.5. The first-order valence-corrected chi connectivity index (χ1v) is 6.68. The summed E-state index contributed by atoms with van der Waals surface area (Å²) in [6, 6.07) is 6.87. The molecule has 0 bridgehead atoms. The summed E-state index contributed by atoms with van der Waals surface area (Å²) in [6.07, 6.45) is 3.77. The molecule has 1 aliphatic rings. The van der Waals surface area contributed by atoms with E-state index >= 15 is 0 Å². The minimum Gasteiger partial charge on any atom is -0.371 e. The van der Waals surface area contributed by atoms with Crippen LogP contribution in [0.3, 0.4) is 0 Å². The summed E-state index contributed by atoms with van der Waals surface area (Å²) in [6.45, 7) is 9.21. The van der Waals surface area contributed by atoms with E-state index in [1.54, 1.807) is 11.1 Å². The fourth-order valence-electron chi connectivity index (χ4n) is 2.97. The second-order valence-corrected chi connectivity index (χ2v) is 4.69. The average molecular weight is 217 g/mol. The van der Waals surface area contributed by atoms with Gasteiger partial charge in [-0.05, 0) is 49.3 Å². The van der Waals surface area contributed by atoms with E-state index in [1.807, 2.05) is 0 Å².